The Labute approximate surface area is 118 Å². The highest BCUT2D eigenvalue weighted by Gasteiger charge is 2.15. The van der Waals surface area contributed by atoms with E-state index < -0.39 is 11.6 Å². The molecule has 2 rings (SSSR count). The van der Waals surface area contributed by atoms with Gasteiger partial charge >= 0.3 is 0 Å². The highest BCUT2D eigenvalue weighted by atomic mass is 35.5. The summed E-state index contributed by atoms with van der Waals surface area (Å²) in [5, 5.41) is 11.3. The van der Waals surface area contributed by atoms with E-state index in [1.807, 2.05) is 0 Å². The quantitative estimate of drug-likeness (QED) is 0.741. The Morgan fingerprint density at radius 1 is 1.15 bits per heavy atom. The van der Waals surface area contributed by atoms with Crippen LogP contribution < -0.4 is 16.8 Å². The second-order valence-corrected chi connectivity index (χ2v) is 4.36. The van der Waals surface area contributed by atoms with Crippen molar-refractivity contribution in [3.8, 4) is 6.07 Å². The van der Waals surface area contributed by atoms with E-state index in [0.29, 0.717) is 0 Å². The molecule has 7 heteroatoms. The molecule has 0 amide bonds. The number of nitrogens with one attached hydrogen (secondary N) is 1. The van der Waals surface area contributed by atoms with Crippen LogP contribution in [0.5, 0.6) is 0 Å². The zero-order valence-corrected chi connectivity index (χ0v) is 10.8. The lowest BCUT2D eigenvalue weighted by Gasteiger charge is -2.13. The molecule has 0 heterocycles. The van der Waals surface area contributed by atoms with Crippen LogP contribution in [0.3, 0.4) is 0 Å². The molecule has 0 aromatic heterocycles. The van der Waals surface area contributed by atoms with Crippen LogP contribution in [0.2, 0.25) is 5.02 Å². The number of anilines is 4. The van der Waals surface area contributed by atoms with Gasteiger partial charge in [0.05, 0.1) is 28.3 Å². The molecule has 0 aliphatic carbocycles. The van der Waals surface area contributed by atoms with Crippen LogP contribution in [0.1, 0.15) is 5.56 Å². The predicted molar refractivity (Wildman–Crippen MR) is 74.6 cm³/mol. The van der Waals surface area contributed by atoms with Crippen LogP contribution in [0, 0.1) is 23.0 Å². The number of rotatable bonds is 2. The Morgan fingerprint density at radius 2 is 1.85 bits per heavy atom. The minimum atomic E-state index is -0.836. The molecule has 0 atom stereocenters. The summed E-state index contributed by atoms with van der Waals surface area (Å²) in [6.45, 7) is 0. The third-order valence-corrected chi connectivity index (χ3v) is 3.01. The highest BCUT2D eigenvalue weighted by Crippen LogP contribution is 2.36. The van der Waals surface area contributed by atoms with Gasteiger partial charge in [-0.15, -0.1) is 0 Å². The van der Waals surface area contributed by atoms with Crippen molar-refractivity contribution in [1.29, 1.82) is 5.26 Å². The number of hydrogen-bond donors (Lipinski definition) is 3. The van der Waals surface area contributed by atoms with Crippen LogP contribution in [0.25, 0.3) is 0 Å². The van der Waals surface area contributed by atoms with Gasteiger partial charge in [-0.25, -0.2) is 8.78 Å². The maximum Gasteiger partial charge on any atom is 0.169 e. The number of nitriles is 1. The highest BCUT2D eigenvalue weighted by molar-refractivity contribution is 6.33. The number of halogens is 3. The van der Waals surface area contributed by atoms with Crippen molar-refractivity contribution >= 4 is 34.4 Å². The summed E-state index contributed by atoms with van der Waals surface area (Å²) in [6, 6.07) is 6.55. The summed E-state index contributed by atoms with van der Waals surface area (Å²) in [7, 11) is 0. The monoisotopic (exact) mass is 294 g/mol. The topological polar surface area (TPSA) is 87.9 Å². The lowest BCUT2D eigenvalue weighted by atomic mass is 10.1. The summed E-state index contributed by atoms with van der Waals surface area (Å²) in [6.07, 6.45) is 0. The fraction of sp³-hybridized carbons (Fsp3) is 0. The van der Waals surface area contributed by atoms with Gasteiger partial charge in [-0.05, 0) is 24.3 Å². The molecule has 2 aromatic carbocycles. The van der Waals surface area contributed by atoms with Gasteiger partial charge in [-0.2, -0.15) is 5.26 Å². The zero-order chi connectivity index (χ0) is 14.9. The summed E-state index contributed by atoms with van der Waals surface area (Å²) in [4.78, 5) is 0. The Balaban J connectivity index is 2.51. The molecule has 0 spiro atoms. The van der Waals surface area contributed by atoms with Crippen molar-refractivity contribution < 1.29 is 8.78 Å². The summed E-state index contributed by atoms with van der Waals surface area (Å²) in [5.41, 5.74) is 11.3. The van der Waals surface area contributed by atoms with Crippen LogP contribution in [-0.4, -0.2) is 0 Å². The average Bonchev–Trinajstić information content (AvgIpc) is 2.42. The van der Waals surface area contributed by atoms with Crippen molar-refractivity contribution in [2.24, 2.45) is 0 Å². The SMILES string of the molecule is N#Cc1cc(F)ccc1Nc1c(N)cc(N)c(Cl)c1F. The summed E-state index contributed by atoms with van der Waals surface area (Å²) >= 11 is 5.70. The molecular weight excluding hydrogens is 286 g/mol. The summed E-state index contributed by atoms with van der Waals surface area (Å²) < 4.78 is 27.0. The minimum absolute atomic E-state index is 0.00632. The van der Waals surface area contributed by atoms with E-state index in [1.54, 1.807) is 6.07 Å². The third kappa shape index (κ3) is 2.44. The molecule has 0 saturated heterocycles. The molecule has 2 aromatic rings. The van der Waals surface area contributed by atoms with E-state index in [0.717, 1.165) is 12.1 Å². The first-order valence-corrected chi connectivity index (χ1v) is 5.81. The Morgan fingerprint density at radius 3 is 2.50 bits per heavy atom. The van der Waals surface area contributed by atoms with Crippen molar-refractivity contribution in [2.45, 2.75) is 0 Å². The first-order valence-electron chi connectivity index (χ1n) is 5.43. The molecular formula is C13H9ClF2N4. The van der Waals surface area contributed by atoms with Crippen molar-refractivity contribution in [1.82, 2.24) is 0 Å². The van der Waals surface area contributed by atoms with E-state index in [1.165, 1.54) is 12.1 Å². The molecule has 0 fully saturated rings. The smallest absolute Gasteiger partial charge is 0.169 e. The molecule has 0 bridgehead atoms. The van der Waals surface area contributed by atoms with Crippen LogP contribution in [0.4, 0.5) is 31.5 Å². The molecule has 5 N–H and O–H groups in total. The van der Waals surface area contributed by atoms with E-state index in [-0.39, 0.29) is 33.3 Å². The van der Waals surface area contributed by atoms with Gasteiger partial charge in [0, 0.05) is 0 Å². The molecule has 102 valence electrons. The lowest BCUT2D eigenvalue weighted by Crippen LogP contribution is -2.03. The molecule has 20 heavy (non-hydrogen) atoms. The average molecular weight is 295 g/mol. The molecule has 0 aliphatic heterocycles. The lowest BCUT2D eigenvalue weighted by molar-refractivity contribution is 0.627. The number of nitrogen functional groups attached to an aromatic ring is 2. The first-order chi connectivity index (χ1) is 9.43. The maximum atomic E-state index is 14.0. The van der Waals surface area contributed by atoms with Crippen molar-refractivity contribution in [3.05, 3.63) is 46.5 Å². The number of nitrogens with two attached hydrogens (primary N) is 2. The number of benzene rings is 2. The van der Waals surface area contributed by atoms with E-state index in [2.05, 4.69) is 5.32 Å². The summed E-state index contributed by atoms with van der Waals surface area (Å²) in [5.74, 6) is -1.41. The molecule has 0 aliphatic rings. The fourth-order valence-electron chi connectivity index (χ4n) is 1.65. The second-order valence-electron chi connectivity index (χ2n) is 3.98. The van der Waals surface area contributed by atoms with Gasteiger partial charge < -0.3 is 16.8 Å². The van der Waals surface area contributed by atoms with Gasteiger partial charge in [0.25, 0.3) is 0 Å². The van der Waals surface area contributed by atoms with E-state index in [4.69, 9.17) is 28.3 Å². The van der Waals surface area contributed by atoms with Gasteiger partial charge in [-0.1, -0.05) is 11.6 Å². The molecule has 0 radical (unpaired) electrons. The normalized spacial score (nSPS) is 10.1. The van der Waals surface area contributed by atoms with Crippen LogP contribution in [-0.2, 0) is 0 Å². The van der Waals surface area contributed by atoms with Crippen LogP contribution in [0.15, 0.2) is 24.3 Å². The predicted octanol–water partition coefficient (Wildman–Crippen LogP) is 3.40. The van der Waals surface area contributed by atoms with Crippen molar-refractivity contribution in [2.75, 3.05) is 16.8 Å². The molecule has 4 nitrogen and oxygen atoms in total. The van der Waals surface area contributed by atoms with Gasteiger partial charge in [-0.3, -0.25) is 0 Å². The van der Waals surface area contributed by atoms with E-state index >= 15 is 0 Å². The molecule has 0 saturated carbocycles. The van der Waals surface area contributed by atoms with Gasteiger partial charge in [0.15, 0.2) is 5.82 Å². The second kappa shape index (κ2) is 5.23. The Bertz CT molecular complexity index is 725. The van der Waals surface area contributed by atoms with Gasteiger partial charge in [0.2, 0.25) is 0 Å². The number of hydrogen-bond acceptors (Lipinski definition) is 4. The third-order valence-electron chi connectivity index (χ3n) is 2.63. The largest absolute Gasteiger partial charge is 0.397 e. The first kappa shape index (κ1) is 13.9. The fourth-order valence-corrected chi connectivity index (χ4v) is 1.79. The van der Waals surface area contributed by atoms with Crippen molar-refractivity contribution in [3.63, 3.8) is 0 Å². The van der Waals surface area contributed by atoms with Crippen LogP contribution >= 0.6 is 11.6 Å². The Kier molecular flexibility index (Phi) is 3.63. The molecule has 0 unspecified atom stereocenters. The number of nitrogens with zero attached hydrogens (tertiary/aromatic N) is 1. The van der Waals surface area contributed by atoms with Gasteiger partial charge in [0.1, 0.15) is 16.9 Å². The van der Waals surface area contributed by atoms with E-state index in [9.17, 15) is 8.78 Å². The zero-order valence-electron chi connectivity index (χ0n) is 10.0. The Hall–Kier alpha value is -2.52. The standard InChI is InChI=1S/C13H9ClF2N4/c14-11-8(18)4-9(19)13(12(11)16)20-10-2-1-7(15)3-6(10)5-17/h1-4,20H,18-19H2. The minimum Gasteiger partial charge on any atom is -0.397 e. The maximum absolute atomic E-state index is 14.0.